The van der Waals surface area contributed by atoms with Crippen molar-refractivity contribution >= 4 is 0 Å². The maximum absolute atomic E-state index is 13.3. The van der Waals surface area contributed by atoms with Gasteiger partial charge in [0.2, 0.25) is 0 Å². The van der Waals surface area contributed by atoms with Crippen molar-refractivity contribution in [3.8, 4) is 0 Å². The van der Waals surface area contributed by atoms with E-state index in [-0.39, 0.29) is 12.5 Å². The van der Waals surface area contributed by atoms with Crippen molar-refractivity contribution in [3.05, 3.63) is 0 Å². The van der Waals surface area contributed by atoms with Crippen molar-refractivity contribution in [2.45, 2.75) is 43.7 Å². The molecule has 1 heterocycles. The molecule has 13 heavy (non-hydrogen) atoms. The van der Waals surface area contributed by atoms with Crippen LogP contribution in [0.1, 0.15) is 25.7 Å². The Labute approximate surface area is 77.1 Å². The van der Waals surface area contributed by atoms with Crippen LogP contribution in [0.2, 0.25) is 0 Å². The smallest absolute Gasteiger partial charge is 0.263 e. The van der Waals surface area contributed by atoms with Gasteiger partial charge in [-0.1, -0.05) is 6.42 Å². The maximum Gasteiger partial charge on any atom is 0.263 e. The van der Waals surface area contributed by atoms with E-state index in [4.69, 9.17) is 0 Å². The Morgan fingerprint density at radius 1 is 1.23 bits per heavy atom. The summed E-state index contributed by atoms with van der Waals surface area (Å²) in [6.45, 7) is 1.68. The average molecular weight is 190 g/mol. The van der Waals surface area contributed by atoms with E-state index in [9.17, 15) is 8.78 Å². The average Bonchev–Trinajstić information content (AvgIpc) is 1.98. The molecule has 2 nitrogen and oxygen atoms in total. The largest absolute Gasteiger partial charge is 0.314 e. The first-order valence-corrected chi connectivity index (χ1v) is 5.03. The standard InChI is InChI=1S/C9H16F2N2/c10-9(11)4-2-1-3-8(9)13-7-5-12-6-7/h7-8,12-13H,1-6H2. The van der Waals surface area contributed by atoms with Gasteiger partial charge < -0.3 is 10.6 Å². The van der Waals surface area contributed by atoms with Crippen LogP contribution in [-0.4, -0.2) is 31.1 Å². The molecule has 0 aromatic rings. The summed E-state index contributed by atoms with van der Waals surface area (Å²) < 4.78 is 26.6. The second kappa shape index (κ2) is 3.50. The van der Waals surface area contributed by atoms with Crippen LogP contribution in [0, 0.1) is 0 Å². The normalized spacial score (nSPS) is 34.2. The third-order valence-corrected chi connectivity index (χ3v) is 2.98. The summed E-state index contributed by atoms with van der Waals surface area (Å²) in [5.74, 6) is -2.48. The van der Waals surface area contributed by atoms with Gasteiger partial charge in [-0.2, -0.15) is 0 Å². The van der Waals surface area contributed by atoms with Crippen LogP contribution >= 0.6 is 0 Å². The highest BCUT2D eigenvalue weighted by atomic mass is 19.3. The molecule has 1 aliphatic heterocycles. The van der Waals surface area contributed by atoms with E-state index >= 15 is 0 Å². The lowest BCUT2D eigenvalue weighted by atomic mass is 9.90. The maximum atomic E-state index is 13.3. The van der Waals surface area contributed by atoms with Crippen LogP contribution in [0.5, 0.6) is 0 Å². The van der Waals surface area contributed by atoms with Gasteiger partial charge in [-0.25, -0.2) is 8.78 Å². The van der Waals surface area contributed by atoms with Crippen molar-refractivity contribution in [3.63, 3.8) is 0 Å². The Bertz CT molecular complexity index is 180. The fourth-order valence-electron chi connectivity index (χ4n) is 1.99. The Balaban J connectivity index is 1.87. The quantitative estimate of drug-likeness (QED) is 0.682. The molecular weight excluding hydrogens is 174 g/mol. The molecule has 0 bridgehead atoms. The molecule has 2 rings (SSSR count). The van der Waals surface area contributed by atoms with Gasteiger partial charge in [-0.3, -0.25) is 0 Å². The predicted molar refractivity (Wildman–Crippen MR) is 47.0 cm³/mol. The minimum Gasteiger partial charge on any atom is -0.314 e. The number of halogens is 2. The van der Waals surface area contributed by atoms with E-state index in [0.717, 1.165) is 19.5 Å². The lowest BCUT2D eigenvalue weighted by molar-refractivity contribution is -0.0682. The van der Waals surface area contributed by atoms with Crippen LogP contribution in [0.4, 0.5) is 8.78 Å². The van der Waals surface area contributed by atoms with E-state index in [1.165, 1.54) is 0 Å². The molecule has 2 fully saturated rings. The van der Waals surface area contributed by atoms with Gasteiger partial charge in [0.15, 0.2) is 0 Å². The molecule has 76 valence electrons. The molecule has 1 atom stereocenters. The Morgan fingerprint density at radius 2 is 2.00 bits per heavy atom. The van der Waals surface area contributed by atoms with E-state index in [1.54, 1.807) is 0 Å². The molecule has 0 radical (unpaired) electrons. The van der Waals surface area contributed by atoms with E-state index in [2.05, 4.69) is 10.6 Å². The first-order chi connectivity index (χ1) is 6.18. The Kier molecular flexibility index (Phi) is 2.51. The predicted octanol–water partition coefficient (Wildman–Crippen LogP) is 1.13. The summed E-state index contributed by atoms with van der Waals surface area (Å²) in [6.07, 6.45) is 2.30. The third kappa shape index (κ3) is 1.99. The molecule has 0 aromatic heterocycles. The number of hydrogen-bond donors (Lipinski definition) is 2. The zero-order valence-corrected chi connectivity index (χ0v) is 7.65. The summed E-state index contributed by atoms with van der Waals surface area (Å²) >= 11 is 0. The summed E-state index contributed by atoms with van der Waals surface area (Å²) in [7, 11) is 0. The SMILES string of the molecule is FC1(F)CCCCC1NC1CNC1. The van der Waals surface area contributed by atoms with Gasteiger partial charge >= 0.3 is 0 Å². The van der Waals surface area contributed by atoms with Crippen molar-refractivity contribution in [1.82, 2.24) is 10.6 Å². The molecule has 0 spiro atoms. The van der Waals surface area contributed by atoms with Gasteiger partial charge in [-0.05, 0) is 12.8 Å². The van der Waals surface area contributed by atoms with Gasteiger partial charge in [0, 0.05) is 25.6 Å². The molecule has 2 N–H and O–H groups in total. The summed E-state index contributed by atoms with van der Waals surface area (Å²) in [5, 5.41) is 6.10. The third-order valence-electron chi connectivity index (χ3n) is 2.98. The molecule has 2 aliphatic rings. The zero-order valence-electron chi connectivity index (χ0n) is 7.65. The van der Waals surface area contributed by atoms with Crippen LogP contribution in [0.3, 0.4) is 0 Å². The molecule has 4 heteroatoms. The minimum absolute atomic E-state index is 0.0603. The first kappa shape index (κ1) is 9.34. The highest BCUT2D eigenvalue weighted by Gasteiger charge is 2.42. The van der Waals surface area contributed by atoms with Crippen molar-refractivity contribution in [2.24, 2.45) is 0 Å². The number of nitrogens with one attached hydrogen (secondary N) is 2. The van der Waals surface area contributed by atoms with E-state index < -0.39 is 12.0 Å². The molecule has 1 aliphatic carbocycles. The van der Waals surface area contributed by atoms with Crippen LogP contribution < -0.4 is 10.6 Å². The van der Waals surface area contributed by atoms with Crippen LogP contribution in [0.25, 0.3) is 0 Å². The minimum atomic E-state index is -2.48. The van der Waals surface area contributed by atoms with Crippen LogP contribution in [-0.2, 0) is 0 Å². The van der Waals surface area contributed by atoms with Crippen LogP contribution in [0.15, 0.2) is 0 Å². The van der Waals surface area contributed by atoms with Gasteiger partial charge in [0.1, 0.15) is 0 Å². The topological polar surface area (TPSA) is 24.1 Å². The number of alkyl halides is 2. The van der Waals surface area contributed by atoms with Crippen molar-refractivity contribution in [2.75, 3.05) is 13.1 Å². The monoisotopic (exact) mass is 190 g/mol. The molecule has 0 amide bonds. The summed E-state index contributed by atoms with van der Waals surface area (Å²) in [4.78, 5) is 0. The number of rotatable bonds is 2. The lowest BCUT2D eigenvalue weighted by Gasteiger charge is -2.38. The summed E-state index contributed by atoms with van der Waals surface area (Å²) in [6, 6.07) is -0.303. The zero-order chi connectivity index (χ0) is 9.31. The summed E-state index contributed by atoms with van der Waals surface area (Å²) in [5.41, 5.74) is 0. The van der Waals surface area contributed by atoms with E-state index in [0.29, 0.717) is 12.8 Å². The van der Waals surface area contributed by atoms with E-state index in [1.807, 2.05) is 0 Å². The van der Waals surface area contributed by atoms with Crippen molar-refractivity contribution < 1.29 is 8.78 Å². The molecule has 0 aromatic carbocycles. The Morgan fingerprint density at radius 3 is 2.54 bits per heavy atom. The molecule has 1 unspecified atom stereocenters. The molecule has 1 saturated heterocycles. The van der Waals surface area contributed by atoms with Gasteiger partial charge in [0.25, 0.3) is 5.92 Å². The second-order valence-electron chi connectivity index (χ2n) is 4.08. The first-order valence-electron chi connectivity index (χ1n) is 5.03. The van der Waals surface area contributed by atoms with Gasteiger partial charge in [-0.15, -0.1) is 0 Å². The fraction of sp³-hybridized carbons (Fsp3) is 1.00. The van der Waals surface area contributed by atoms with Gasteiger partial charge in [0.05, 0.1) is 6.04 Å². The molecular formula is C9H16F2N2. The lowest BCUT2D eigenvalue weighted by Crippen LogP contribution is -2.61. The molecule has 1 saturated carbocycles. The fourth-order valence-corrected chi connectivity index (χ4v) is 1.99. The van der Waals surface area contributed by atoms with Crippen molar-refractivity contribution in [1.29, 1.82) is 0 Å². The Hall–Kier alpha value is -0.220. The highest BCUT2D eigenvalue weighted by molar-refractivity contribution is 4.93. The number of hydrogen-bond acceptors (Lipinski definition) is 2. The highest BCUT2D eigenvalue weighted by Crippen LogP contribution is 2.33. The second-order valence-corrected chi connectivity index (χ2v) is 4.08.